The number of amides is 1. The molecule has 0 radical (unpaired) electrons. The highest BCUT2D eigenvalue weighted by molar-refractivity contribution is 5.81. The Morgan fingerprint density at radius 1 is 1.24 bits per heavy atom. The fraction of sp³-hybridized carbons (Fsp3) is 0.556. The van der Waals surface area contributed by atoms with E-state index in [-0.39, 0.29) is 13.0 Å². The van der Waals surface area contributed by atoms with Gasteiger partial charge < -0.3 is 19.3 Å². The number of aryl methyl sites for hydroxylation is 1. The van der Waals surface area contributed by atoms with Crippen molar-refractivity contribution in [1.29, 1.82) is 0 Å². The van der Waals surface area contributed by atoms with E-state index in [0.717, 1.165) is 5.56 Å². The largest absolute Gasteiger partial charge is 0.493 e. The maximum absolute atomic E-state index is 12.3. The topological polar surface area (TPSA) is 85.3 Å². The second-order valence-electron chi connectivity index (χ2n) is 7.12. The number of aliphatic carboxylic acids is 1. The Morgan fingerprint density at radius 2 is 1.92 bits per heavy atom. The monoisotopic (exact) mass is 351 g/mol. The van der Waals surface area contributed by atoms with E-state index in [1.807, 2.05) is 19.1 Å². The molecule has 25 heavy (non-hydrogen) atoms. The van der Waals surface area contributed by atoms with Gasteiger partial charge in [-0.2, -0.15) is 0 Å². The lowest BCUT2D eigenvalue weighted by Crippen LogP contribution is -2.43. The average Bonchev–Trinajstić information content (AvgIpc) is 2.91. The second kappa shape index (κ2) is 7.21. The molecule has 1 aliphatic heterocycles. The van der Waals surface area contributed by atoms with Crippen molar-refractivity contribution in [2.75, 3.05) is 13.7 Å². The number of carboxylic acid groups (broad SMARTS) is 1. The maximum Gasteiger partial charge on any atom is 0.411 e. The van der Waals surface area contributed by atoms with Crippen molar-refractivity contribution < 1.29 is 28.9 Å². The molecular formula is C18H25NO6. The summed E-state index contributed by atoms with van der Waals surface area (Å²) in [5, 5.41) is 9.42. The first kappa shape index (κ1) is 18.9. The Bertz CT molecular complexity index is 651. The number of nitrogens with zero attached hydrogens (tertiary/aromatic N) is 1. The van der Waals surface area contributed by atoms with Crippen LogP contribution >= 0.6 is 0 Å². The highest BCUT2D eigenvalue weighted by Gasteiger charge is 2.42. The molecule has 1 amide bonds. The van der Waals surface area contributed by atoms with Crippen LogP contribution in [0.25, 0.3) is 0 Å². The van der Waals surface area contributed by atoms with Crippen LogP contribution < -0.4 is 9.47 Å². The zero-order valence-corrected chi connectivity index (χ0v) is 15.2. The van der Waals surface area contributed by atoms with Crippen molar-refractivity contribution in [3.63, 3.8) is 0 Å². The minimum atomic E-state index is -1.08. The molecule has 0 aliphatic carbocycles. The van der Waals surface area contributed by atoms with E-state index >= 15 is 0 Å². The number of ether oxygens (including phenoxy) is 3. The summed E-state index contributed by atoms with van der Waals surface area (Å²) < 4.78 is 16.5. The van der Waals surface area contributed by atoms with E-state index in [1.165, 1.54) is 4.90 Å². The summed E-state index contributed by atoms with van der Waals surface area (Å²) in [5.41, 5.74) is 0.327. The minimum Gasteiger partial charge on any atom is -0.493 e. The fourth-order valence-corrected chi connectivity index (χ4v) is 2.69. The molecule has 1 heterocycles. The first-order chi connectivity index (χ1) is 11.6. The molecule has 7 nitrogen and oxygen atoms in total. The number of benzene rings is 1. The summed E-state index contributed by atoms with van der Waals surface area (Å²) in [7, 11) is 1.54. The van der Waals surface area contributed by atoms with Crippen LogP contribution in [0.5, 0.6) is 11.5 Å². The molecule has 0 saturated carbocycles. The summed E-state index contributed by atoms with van der Waals surface area (Å²) in [6.45, 7) is 7.29. The molecule has 138 valence electrons. The predicted molar refractivity (Wildman–Crippen MR) is 91.1 cm³/mol. The van der Waals surface area contributed by atoms with E-state index in [0.29, 0.717) is 11.5 Å². The molecule has 2 rings (SSSR count). The lowest BCUT2D eigenvalue weighted by molar-refractivity contribution is -0.142. The van der Waals surface area contributed by atoms with Crippen LogP contribution in [0, 0.1) is 6.92 Å². The first-order valence-corrected chi connectivity index (χ1v) is 8.14. The third kappa shape index (κ3) is 4.78. The molecule has 1 saturated heterocycles. The summed E-state index contributed by atoms with van der Waals surface area (Å²) in [4.78, 5) is 25.0. The SMILES string of the molecule is COc1cc(C)ccc1O[C@H]1C[C@@H](C(=O)O)N(C(=O)OC(C)(C)C)C1. The molecule has 0 spiro atoms. The molecule has 2 atom stereocenters. The Morgan fingerprint density at radius 3 is 2.48 bits per heavy atom. The molecule has 7 heteroatoms. The summed E-state index contributed by atoms with van der Waals surface area (Å²) in [6, 6.07) is 4.52. The van der Waals surface area contributed by atoms with Gasteiger partial charge in [0.2, 0.25) is 0 Å². The Hall–Kier alpha value is -2.44. The highest BCUT2D eigenvalue weighted by Crippen LogP contribution is 2.32. The first-order valence-electron chi connectivity index (χ1n) is 8.14. The molecule has 0 unspecified atom stereocenters. The highest BCUT2D eigenvalue weighted by atomic mass is 16.6. The van der Waals surface area contributed by atoms with Gasteiger partial charge in [-0.1, -0.05) is 6.07 Å². The maximum atomic E-state index is 12.3. The summed E-state index contributed by atoms with van der Waals surface area (Å²) >= 11 is 0. The molecule has 1 fully saturated rings. The van der Waals surface area contributed by atoms with Gasteiger partial charge in [0.25, 0.3) is 0 Å². The number of likely N-dealkylation sites (tertiary alicyclic amines) is 1. The summed E-state index contributed by atoms with van der Waals surface area (Å²) in [5.74, 6) is 0.0173. The number of rotatable bonds is 4. The predicted octanol–water partition coefficient (Wildman–Crippen LogP) is 2.85. The number of carboxylic acids is 1. The van der Waals surface area contributed by atoms with Gasteiger partial charge in [-0.15, -0.1) is 0 Å². The van der Waals surface area contributed by atoms with Gasteiger partial charge in [-0.3, -0.25) is 4.90 Å². The van der Waals surface area contributed by atoms with Crippen LogP contribution in [0.4, 0.5) is 4.79 Å². The molecular weight excluding hydrogens is 326 g/mol. The third-order valence-electron chi connectivity index (χ3n) is 3.79. The minimum absolute atomic E-state index is 0.142. The normalized spacial score (nSPS) is 20.3. The lowest BCUT2D eigenvalue weighted by Gasteiger charge is -2.26. The number of carbonyl (C=O) groups excluding carboxylic acids is 1. The van der Waals surface area contributed by atoms with E-state index < -0.39 is 29.8 Å². The van der Waals surface area contributed by atoms with E-state index in [4.69, 9.17) is 14.2 Å². The number of carbonyl (C=O) groups is 2. The Kier molecular flexibility index (Phi) is 5.45. The standard InChI is InChI=1S/C18H25NO6/c1-11-6-7-14(15(8-11)23-5)24-12-9-13(16(20)21)19(10-12)17(22)25-18(2,3)4/h6-8,12-13H,9-10H2,1-5H3,(H,20,21)/t12-,13-/m0/s1. The smallest absolute Gasteiger partial charge is 0.411 e. The van der Waals surface area contributed by atoms with Gasteiger partial charge in [0.1, 0.15) is 17.7 Å². The summed E-state index contributed by atoms with van der Waals surface area (Å²) in [6.07, 6.45) is -0.918. The van der Waals surface area contributed by atoms with Crippen LogP contribution in [0.2, 0.25) is 0 Å². The van der Waals surface area contributed by atoms with Crippen LogP contribution in [0.15, 0.2) is 18.2 Å². The van der Waals surface area contributed by atoms with Crippen molar-refractivity contribution in [2.24, 2.45) is 0 Å². The van der Waals surface area contributed by atoms with Gasteiger partial charge >= 0.3 is 12.1 Å². The second-order valence-corrected chi connectivity index (χ2v) is 7.12. The van der Waals surface area contributed by atoms with Gasteiger partial charge in [0.05, 0.1) is 13.7 Å². The van der Waals surface area contributed by atoms with Crippen molar-refractivity contribution in [2.45, 2.75) is 51.9 Å². The number of methoxy groups -OCH3 is 1. The van der Waals surface area contributed by atoms with Crippen LogP contribution in [0.1, 0.15) is 32.8 Å². The van der Waals surface area contributed by atoms with Crippen molar-refractivity contribution in [1.82, 2.24) is 4.90 Å². The molecule has 0 bridgehead atoms. The van der Waals surface area contributed by atoms with E-state index in [2.05, 4.69) is 0 Å². The average molecular weight is 351 g/mol. The van der Waals surface area contributed by atoms with Crippen molar-refractivity contribution in [3.05, 3.63) is 23.8 Å². The van der Waals surface area contributed by atoms with Gasteiger partial charge in [0, 0.05) is 6.42 Å². The fourth-order valence-electron chi connectivity index (χ4n) is 2.69. The van der Waals surface area contributed by atoms with Crippen LogP contribution in [-0.2, 0) is 9.53 Å². The zero-order valence-electron chi connectivity index (χ0n) is 15.2. The molecule has 1 aromatic carbocycles. The van der Waals surface area contributed by atoms with Crippen molar-refractivity contribution >= 4 is 12.1 Å². The Labute approximate surface area is 147 Å². The quantitative estimate of drug-likeness (QED) is 0.898. The lowest BCUT2D eigenvalue weighted by atomic mass is 10.2. The van der Waals surface area contributed by atoms with Gasteiger partial charge in [-0.05, 0) is 45.4 Å². The molecule has 1 aliphatic rings. The van der Waals surface area contributed by atoms with Gasteiger partial charge in [0.15, 0.2) is 11.5 Å². The Balaban J connectivity index is 2.14. The molecule has 1 N–H and O–H groups in total. The van der Waals surface area contributed by atoms with Crippen LogP contribution in [-0.4, -0.2) is 53.5 Å². The zero-order chi connectivity index (χ0) is 18.8. The number of hydrogen-bond donors (Lipinski definition) is 1. The molecule has 1 aromatic rings. The third-order valence-corrected chi connectivity index (χ3v) is 3.79. The van der Waals surface area contributed by atoms with E-state index in [1.54, 1.807) is 33.9 Å². The van der Waals surface area contributed by atoms with E-state index in [9.17, 15) is 14.7 Å². The molecule has 0 aromatic heterocycles. The van der Waals surface area contributed by atoms with Crippen LogP contribution in [0.3, 0.4) is 0 Å². The van der Waals surface area contributed by atoms with Gasteiger partial charge in [-0.25, -0.2) is 9.59 Å². The number of hydrogen-bond acceptors (Lipinski definition) is 5. The van der Waals surface area contributed by atoms with Crippen molar-refractivity contribution in [3.8, 4) is 11.5 Å².